The molecule has 0 unspecified atom stereocenters. The van der Waals surface area contributed by atoms with Crippen LogP contribution in [0.2, 0.25) is 0 Å². The van der Waals surface area contributed by atoms with Crippen molar-refractivity contribution in [1.82, 2.24) is 15.5 Å². The van der Waals surface area contributed by atoms with Crippen molar-refractivity contribution >= 4 is 11.9 Å². The molecule has 2 aromatic carbocycles. The van der Waals surface area contributed by atoms with Crippen LogP contribution < -0.4 is 15.4 Å². The summed E-state index contributed by atoms with van der Waals surface area (Å²) >= 11 is 0. The molecular weight excluding hydrogens is 361 g/mol. The fourth-order valence-corrected chi connectivity index (χ4v) is 3.57. The van der Waals surface area contributed by atoms with Crippen LogP contribution in [0.3, 0.4) is 0 Å². The van der Waals surface area contributed by atoms with Gasteiger partial charge in [0.1, 0.15) is 11.6 Å². The van der Waals surface area contributed by atoms with Crippen molar-refractivity contribution in [3.05, 3.63) is 76.7 Å². The number of hydrogen-bond donors (Lipinski definition) is 2. The number of methoxy groups -OCH3 is 1. The number of rotatable bonds is 5. The molecule has 0 aromatic heterocycles. The number of nitrogens with zero attached hydrogens (tertiary/aromatic N) is 1. The highest BCUT2D eigenvalue weighted by Gasteiger charge is 2.40. The molecule has 2 N–H and O–H groups in total. The Labute approximate surface area is 162 Å². The first kappa shape index (κ1) is 18.0. The second-order valence-corrected chi connectivity index (χ2v) is 6.80. The first-order valence-corrected chi connectivity index (χ1v) is 9.03. The monoisotopic (exact) mass is 381 g/mol. The quantitative estimate of drug-likeness (QED) is 0.836. The molecule has 0 aliphatic carbocycles. The lowest BCUT2D eigenvalue weighted by Gasteiger charge is -2.25. The van der Waals surface area contributed by atoms with E-state index in [0.29, 0.717) is 36.3 Å². The maximum atomic E-state index is 13.3. The van der Waals surface area contributed by atoms with Gasteiger partial charge in [-0.15, -0.1) is 0 Å². The number of amides is 3. The molecular formula is C21H20FN3O3. The van der Waals surface area contributed by atoms with Crippen LogP contribution in [0.4, 0.5) is 9.18 Å². The molecule has 0 saturated heterocycles. The highest BCUT2D eigenvalue weighted by atomic mass is 19.1. The summed E-state index contributed by atoms with van der Waals surface area (Å²) < 4.78 is 18.4. The highest BCUT2D eigenvalue weighted by molar-refractivity contribution is 6.01. The fraction of sp³-hybridized carbons (Fsp3) is 0.238. The van der Waals surface area contributed by atoms with Gasteiger partial charge in [-0.1, -0.05) is 24.3 Å². The number of urea groups is 1. The number of halogens is 1. The van der Waals surface area contributed by atoms with Gasteiger partial charge in [0.2, 0.25) is 0 Å². The summed E-state index contributed by atoms with van der Waals surface area (Å²) in [4.78, 5) is 26.8. The fourth-order valence-electron chi connectivity index (χ4n) is 3.57. The molecule has 3 amide bonds. The molecule has 144 valence electrons. The Kier molecular flexibility index (Phi) is 4.73. The van der Waals surface area contributed by atoms with Gasteiger partial charge in [-0.3, -0.25) is 4.79 Å². The average molecular weight is 381 g/mol. The van der Waals surface area contributed by atoms with Gasteiger partial charge in [-0.05, 0) is 41.8 Å². The maximum absolute atomic E-state index is 13.3. The summed E-state index contributed by atoms with van der Waals surface area (Å²) in [5, 5.41) is 5.51. The Morgan fingerprint density at radius 1 is 1.11 bits per heavy atom. The van der Waals surface area contributed by atoms with Crippen molar-refractivity contribution in [1.29, 1.82) is 0 Å². The van der Waals surface area contributed by atoms with Gasteiger partial charge < -0.3 is 20.3 Å². The zero-order chi connectivity index (χ0) is 19.7. The van der Waals surface area contributed by atoms with E-state index >= 15 is 0 Å². The lowest BCUT2D eigenvalue weighted by Crippen LogP contribution is -2.44. The number of ether oxygens (including phenoxy) is 1. The number of carbonyl (C=O) groups is 2. The molecule has 0 bridgehead atoms. The van der Waals surface area contributed by atoms with Gasteiger partial charge in [0.25, 0.3) is 5.91 Å². The minimum atomic E-state index is -0.581. The van der Waals surface area contributed by atoms with E-state index in [1.165, 1.54) is 12.1 Å². The third-order valence-electron chi connectivity index (χ3n) is 5.05. The Balaban J connectivity index is 1.50. The van der Waals surface area contributed by atoms with Crippen LogP contribution in [0.15, 0.2) is 59.8 Å². The van der Waals surface area contributed by atoms with Gasteiger partial charge in [0.05, 0.1) is 31.0 Å². The van der Waals surface area contributed by atoms with Gasteiger partial charge >= 0.3 is 6.03 Å². The first-order valence-electron chi connectivity index (χ1n) is 9.03. The van der Waals surface area contributed by atoms with Crippen LogP contribution in [0.1, 0.15) is 17.2 Å². The summed E-state index contributed by atoms with van der Waals surface area (Å²) in [7, 11) is 1.62. The van der Waals surface area contributed by atoms with Gasteiger partial charge in [0.15, 0.2) is 0 Å². The lowest BCUT2D eigenvalue weighted by atomic mass is 9.96. The molecule has 0 fully saturated rings. The number of carbonyl (C=O) groups excluding carboxylic acids is 2. The number of benzene rings is 2. The van der Waals surface area contributed by atoms with E-state index < -0.39 is 6.04 Å². The second-order valence-electron chi connectivity index (χ2n) is 6.80. The van der Waals surface area contributed by atoms with Crippen molar-refractivity contribution in [3.8, 4) is 5.75 Å². The second kappa shape index (κ2) is 7.34. The van der Waals surface area contributed by atoms with E-state index in [4.69, 9.17) is 4.74 Å². The van der Waals surface area contributed by atoms with Crippen molar-refractivity contribution in [2.45, 2.75) is 12.5 Å². The van der Waals surface area contributed by atoms with Crippen molar-refractivity contribution < 1.29 is 18.7 Å². The van der Waals surface area contributed by atoms with E-state index in [0.717, 1.165) is 11.3 Å². The Hall–Kier alpha value is -3.35. The Morgan fingerprint density at radius 2 is 1.82 bits per heavy atom. The lowest BCUT2D eigenvalue weighted by molar-refractivity contribution is -0.125. The molecule has 0 spiro atoms. The highest BCUT2D eigenvalue weighted by Crippen LogP contribution is 2.32. The van der Waals surface area contributed by atoms with Crippen molar-refractivity contribution in [2.24, 2.45) is 0 Å². The summed E-state index contributed by atoms with van der Waals surface area (Å²) in [6.45, 7) is 0.888. The van der Waals surface area contributed by atoms with Crippen LogP contribution in [-0.4, -0.2) is 37.0 Å². The van der Waals surface area contributed by atoms with E-state index in [9.17, 15) is 14.0 Å². The molecule has 1 atom stereocenters. The Morgan fingerprint density at radius 3 is 2.50 bits per heavy atom. The maximum Gasteiger partial charge on any atom is 0.319 e. The SMILES string of the molecule is COc1ccc(CCN2CC3=C(C2=O)[C@@H](c2ccc(F)cc2)NC(=O)N3)cc1. The third-order valence-corrected chi connectivity index (χ3v) is 5.05. The van der Waals surface area contributed by atoms with Crippen molar-refractivity contribution in [2.75, 3.05) is 20.2 Å². The summed E-state index contributed by atoms with van der Waals surface area (Å²) in [5.41, 5.74) is 2.89. The average Bonchev–Trinajstić information content (AvgIpc) is 3.02. The summed E-state index contributed by atoms with van der Waals surface area (Å²) in [6.07, 6.45) is 0.693. The molecule has 0 saturated carbocycles. The number of hydrogen-bond acceptors (Lipinski definition) is 3. The molecule has 6 nitrogen and oxygen atoms in total. The molecule has 0 radical (unpaired) electrons. The molecule has 2 aliphatic heterocycles. The van der Waals surface area contributed by atoms with E-state index in [-0.39, 0.29) is 17.8 Å². The van der Waals surface area contributed by atoms with Crippen LogP contribution in [0.25, 0.3) is 0 Å². The van der Waals surface area contributed by atoms with Gasteiger partial charge in [0, 0.05) is 6.54 Å². The zero-order valence-electron chi connectivity index (χ0n) is 15.4. The molecule has 2 heterocycles. The third kappa shape index (κ3) is 3.43. The topological polar surface area (TPSA) is 70.7 Å². The van der Waals surface area contributed by atoms with E-state index in [2.05, 4.69) is 10.6 Å². The minimum absolute atomic E-state index is 0.120. The predicted octanol–water partition coefficient (Wildman–Crippen LogP) is 2.53. The van der Waals surface area contributed by atoms with E-state index in [1.54, 1.807) is 24.1 Å². The van der Waals surface area contributed by atoms with Crippen LogP contribution in [0, 0.1) is 5.82 Å². The van der Waals surface area contributed by atoms with Crippen LogP contribution >= 0.6 is 0 Å². The van der Waals surface area contributed by atoms with Crippen LogP contribution in [-0.2, 0) is 11.2 Å². The largest absolute Gasteiger partial charge is 0.497 e. The molecule has 2 aliphatic rings. The smallest absolute Gasteiger partial charge is 0.319 e. The van der Waals surface area contributed by atoms with Crippen LogP contribution in [0.5, 0.6) is 5.75 Å². The van der Waals surface area contributed by atoms with Gasteiger partial charge in [-0.2, -0.15) is 0 Å². The molecule has 2 aromatic rings. The van der Waals surface area contributed by atoms with Crippen molar-refractivity contribution in [3.63, 3.8) is 0 Å². The molecule has 4 rings (SSSR count). The zero-order valence-corrected chi connectivity index (χ0v) is 15.4. The molecule has 7 heteroatoms. The number of nitrogens with one attached hydrogen (secondary N) is 2. The first-order chi connectivity index (χ1) is 13.5. The minimum Gasteiger partial charge on any atom is -0.497 e. The van der Waals surface area contributed by atoms with Gasteiger partial charge in [-0.25, -0.2) is 9.18 Å². The summed E-state index contributed by atoms with van der Waals surface area (Å²) in [6, 6.07) is 12.6. The Bertz CT molecular complexity index is 938. The molecule has 28 heavy (non-hydrogen) atoms. The van der Waals surface area contributed by atoms with E-state index in [1.807, 2.05) is 24.3 Å². The normalized spacial score (nSPS) is 18.6. The standard InChI is InChI=1S/C21H20FN3O3/c1-28-16-8-2-13(3-9-16)10-11-25-12-17-18(20(25)26)19(24-21(27)23-17)14-4-6-15(22)7-5-14/h2-9,19H,10-12H2,1H3,(H2,23,24,27)/t19-/m1/s1. The summed E-state index contributed by atoms with van der Waals surface area (Å²) in [5.74, 6) is 0.302. The predicted molar refractivity (Wildman–Crippen MR) is 101 cm³/mol.